The third-order valence-electron chi connectivity index (χ3n) is 1.88. The Morgan fingerprint density at radius 1 is 1.54 bits per heavy atom. The molecule has 1 aromatic rings. The van der Waals surface area contributed by atoms with Crippen molar-refractivity contribution in [2.45, 2.75) is 13.8 Å². The molecule has 3 nitrogen and oxygen atoms in total. The number of nitrogens with zero attached hydrogens (tertiary/aromatic N) is 2. The van der Waals surface area contributed by atoms with Crippen molar-refractivity contribution in [3.8, 4) is 0 Å². The van der Waals surface area contributed by atoms with Crippen molar-refractivity contribution in [3.05, 3.63) is 11.6 Å². The van der Waals surface area contributed by atoms with E-state index in [-0.39, 0.29) is 0 Å². The maximum atomic E-state index is 4.28. The maximum absolute atomic E-state index is 4.28. The second-order valence-electron chi connectivity index (χ2n) is 2.75. The van der Waals surface area contributed by atoms with Gasteiger partial charge in [0.05, 0.1) is 0 Å². The van der Waals surface area contributed by atoms with Gasteiger partial charge in [-0.15, -0.1) is 11.3 Å². The van der Waals surface area contributed by atoms with Crippen LogP contribution in [0.5, 0.6) is 0 Å². The summed E-state index contributed by atoms with van der Waals surface area (Å²) < 4.78 is 0. The minimum atomic E-state index is 1.03. The van der Waals surface area contributed by atoms with Crippen molar-refractivity contribution < 1.29 is 0 Å². The molecule has 0 aliphatic carbocycles. The highest BCUT2D eigenvalue weighted by atomic mass is 32.1. The van der Waals surface area contributed by atoms with Crippen LogP contribution in [0.1, 0.15) is 13.8 Å². The minimum Gasteiger partial charge on any atom is -0.347 e. The van der Waals surface area contributed by atoms with Gasteiger partial charge in [-0.25, -0.2) is 4.98 Å². The Bertz CT molecular complexity index is 211. The molecule has 0 unspecified atom stereocenters. The molecule has 1 N–H and O–H groups in total. The summed E-state index contributed by atoms with van der Waals surface area (Å²) in [6.45, 7) is 8.42. The number of thiazole rings is 1. The highest BCUT2D eigenvalue weighted by molar-refractivity contribution is 7.13. The minimum absolute atomic E-state index is 1.03. The molecule has 0 aliphatic rings. The van der Waals surface area contributed by atoms with Gasteiger partial charge >= 0.3 is 0 Å². The molecule has 0 aromatic carbocycles. The van der Waals surface area contributed by atoms with E-state index in [1.165, 1.54) is 0 Å². The fraction of sp³-hybridized carbons (Fsp3) is 0.667. The van der Waals surface area contributed by atoms with E-state index in [9.17, 15) is 0 Å². The largest absolute Gasteiger partial charge is 0.347 e. The lowest BCUT2D eigenvalue weighted by Gasteiger charge is -2.19. The first kappa shape index (κ1) is 10.5. The smallest absolute Gasteiger partial charge is 0.185 e. The molecule has 0 spiro atoms. The van der Waals surface area contributed by atoms with Crippen molar-refractivity contribution >= 4 is 16.5 Å². The number of hydrogen-bond donors (Lipinski definition) is 1. The average Bonchev–Trinajstić information content (AvgIpc) is 2.65. The molecule has 0 saturated carbocycles. The molecule has 1 heterocycles. The predicted molar refractivity (Wildman–Crippen MR) is 58.5 cm³/mol. The van der Waals surface area contributed by atoms with Crippen LogP contribution in [0.25, 0.3) is 0 Å². The Morgan fingerprint density at radius 3 is 2.92 bits per heavy atom. The van der Waals surface area contributed by atoms with Crippen LogP contribution in [0.4, 0.5) is 5.13 Å². The van der Waals surface area contributed by atoms with Crippen LogP contribution in [0, 0.1) is 0 Å². The average molecular weight is 199 g/mol. The quantitative estimate of drug-likeness (QED) is 0.705. The first-order valence-corrected chi connectivity index (χ1v) is 5.61. The van der Waals surface area contributed by atoms with Crippen molar-refractivity contribution in [2.24, 2.45) is 0 Å². The summed E-state index contributed by atoms with van der Waals surface area (Å²) in [5.74, 6) is 0. The van der Waals surface area contributed by atoms with Gasteiger partial charge < -0.3 is 10.2 Å². The molecule has 0 saturated heterocycles. The van der Waals surface area contributed by atoms with Crippen LogP contribution in [-0.2, 0) is 0 Å². The van der Waals surface area contributed by atoms with E-state index >= 15 is 0 Å². The molecule has 0 atom stereocenters. The molecule has 4 heteroatoms. The van der Waals surface area contributed by atoms with E-state index in [1.807, 2.05) is 11.6 Å². The van der Waals surface area contributed by atoms with Crippen LogP contribution in [0.15, 0.2) is 11.6 Å². The molecule has 1 aromatic heterocycles. The van der Waals surface area contributed by atoms with Gasteiger partial charge in [0, 0.05) is 31.2 Å². The molecule has 1 rings (SSSR count). The summed E-state index contributed by atoms with van der Waals surface area (Å²) in [4.78, 5) is 6.57. The zero-order valence-corrected chi connectivity index (χ0v) is 9.10. The second-order valence-corrected chi connectivity index (χ2v) is 3.62. The van der Waals surface area contributed by atoms with E-state index in [0.29, 0.717) is 0 Å². The molecular weight excluding hydrogens is 182 g/mol. The summed E-state index contributed by atoms with van der Waals surface area (Å²) in [5.41, 5.74) is 0. The third-order valence-corrected chi connectivity index (χ3v) is 2.71. The monoisotopic (exact) mass is 199 g/mol. The van der Waals surface area contributed by atoms with Crippen LogP contribution in [-0.4, -0.2) is 31.2 Å². The third kappa shape index (κ3) is 3.32. The van der Waals surface area contributed by atoms with Gasteiger partial charge in [0.2, 0.25) is 0 Å². The summed E-state index contributed by atoms with van der Waals surface area (Å²) >= 11 is 1.70. The van der Waals surface area contributed by atoms with Crippen molar-refractivity contribution in [1.82, 2.24) is 10.3 Å². The van der Waals surface area contributed by atoms with E-state index in [1.54, 1.807) is 11.3 Å². The molecule has 0 bridgehead atoms. The number of rotatable bonds is 6. The molecule has 0 amide bonds. The van der Waals surface area contributed by atoms with E-state index in [4.69, 9.17) is 0 Å². The molecule has 0 aliphatic heterocycles. The lowest BCUT2D eigenvalue weighted by atomic mass is 10.5. The van der Waals surface area contributed by atoms with Crippen LogP contribution >= 0.6 is 11.3 Å². The summed E-state index contributed by atoms with van der Waals surface area (Å²) in [5, 5.41) is 6.45. The number of anilines is 1. The lowest BCUT2D eigenvalue weighted by Crippen LogP contribution is -2.31. The number of aromatic nitrogens is 1. The summed E-state index contributed by atoms with van der Waals surface area (Å²) in [6.07, 6.45) is 1.86. The van der Waals surface area contributed by atoms with Gasteiger partial charge in [0.15, 0.2) is 5.13 Å². The normalized spacial score (nSPS) is 10.3. The fourth-order valence-corrected chi connectivity index (χ4v) is 1.89. The fourth-order valence-electron chi connectivity index (χ4n) is 1.15. The number of nitrogens with one attached hydrogen (secondary N) is 1. The predicted octanol–water partition coefficient (Wildman–Crippen LogP) is 1.58. The van der Waals surface area contributed by atoms with Crippen LogP contribution in [0.2, 0.25) is 0 Å². The highest BCUT2D eigenvalue weighted by Gasteiger charge is 2.04. The summed E-state index contributed by atoms with van der Waals surface area (Å²) in [7, 11) is 0. The first-order chi connectivity index (χ1) is 6.38. The van der Waals surface area contributed by atoms with E-state index in [0.717, 1.165) is 31.3 Å². The maximum Gasteiger partial charge on any atom is 0.185 e. The standard InChI is InChI=1S/C9H17N3S/c1-3-10-5-7-12(4-2)9-11-6-8-13-9/h6,8,10H,3-5,7H2,1-2H3. The van der Waals surface area contributed by atoms with Gasteiger partial charge in [-0.05, 0) is 13.5 Å². The Labute approximate surface area is 83.8 Å². The molecular formula is C9H17N3S. The van der Waals surface area contributed by atoms with Gasteiger partial charge in [0.25, 0.3) is 0 Å². The van der Waals surface area contributed by atoms with Gasteiger partial charge in [-0.3, -0.25) is 0 Å². The van der Waals surface area contributed by atoms with Gasteiger partial charge in [0.1, 0.15) is 0 Å². The first-order valence-electron chi connectivity index (χ1n) is 4.73. The number of hydrogen-bond acceptors (Lipinski definition) is 4. The van der Waals surface area contributed by atoms with Crippen molar-refractivity contribution in [1.29, 1.82) is 0 Å². The van der Waals surface area contributed by atoms with Crippen molar-refractivity contribution in [2.75, 3.05) is 31.1 Å². The topological polar surface area (TPSA) is 28.2 Å². The van der Waals surface area contributed by atoms with E-state index < -0.39 is 0 Å². The van der Waals surface area contributed by atoms with Gasteiger partial charge in [-0.1, -0.05) is 6.92 Å². The Morgan fingerprint density at radius 2 is 2.38 bits per heavy atom. The van der Waals surface area contributed by atoms with Crippen LogP contribution < -0.4 is 10.2 Å². The zero-order chi connectivity index (χ0) is 9.52. The molecule has 13 heavy (non-hydrogen) atoms. The lowest BCUT2D eigenvalue weighted by molar-refractivity contribution is 0.687. The Kier molecular flexibility index (Phi) is 4.78. The highest BCUT2D eigenvalue weighted by Crippen LogP contribution is 2.15. The molecule has 74 valence electrons. The van der Waals surface area contributed by atoms with E-state index in [2.05, 4.69) is 29.0 Å². The molecule has 0 fully saturated rings. The zero-order valence-electron chi connectivity index (χ0n) is 8.29. The van der Waals surface area contributed by atoms with Crippen LogP contribution in [0.3, 0.4) is 0 Å². The Balaban J connectivity index is 2.35. The molecule has 0 radical (unpaired) electrons. The number of likely N-dealkylation sites (N-methyl/N-ethyl adjacent to an activating group) is 2. The van der Waals surface area contributed by atoms with Crippen molar-refractivity contribution in [3.63, 3.8) is 0 Å². The Hall–Kier alpha value is -0.610. The van der Waals surface area contributed by atoms with Gasteiger partial charge in [-0.2, -0.15) is 0 Å². The summed E-state index contributed by atoms with van der Waals surface area (Å²) in [6, 6.07) is 0. The second kappa shape index (κ2) is 5.94. The SMILES string of the molecule is CCNCCN(CC)c1nccs1.